The number of ether oxygens (including phenoxy) is 2. The van der Waals surface area contributed by atoms with E-state index in [4.69, 9.17) is 9.47 Å². The Bertz CT molecular complexity index is 1110. The second kappa shape index (κ2) is 7.99. The second-order valence-electron chi connectivity index (χ2n) is 7.16. The highest BCUT2D eigenvalue weighted by molar-refractivity contribution is 5.59. The van der Waals surface area contributed by atoms with Gasteiger partial charge in [-0.25, -0.2) is 13.2 Å². The number of imidazole rings is 1. The van der Waals surface area contributed by atoms with Crippen LogP contribution in [0.2, 0.25) is 0 Å². The molecule has 1 aliphatic heterocycles. The number of nitro groups is 1. The Balaban J connectivity index is 1.40. The molecule has 1 aromatic carbocycles. The standard InChI is InChI=1S/C20H17F3N4O4/c1-20(22,23)14-4-5-17(24-7-14)12-2-3-13(16(21)6-12)10-30-15-8-26-9-18(27(28)29)25-19(26)31-11-15/h2-7,9,15H,8,10-11H2,1H3/t15-/m0/s1. The Morgan fingerprint density at radius 2 is 2.16 bits per heavy atom. The maximum atomic E-state index is 14.5. The molecule has 1 atom stereocenters. The van der Waals surface area contributed by atoms with Crippen LogP contribution in [-0.2, 0) is 23.8 Å². The van der Waals surface area contributed by atoms with Gasteiger partial charge in [-0.05, 0) is 23.1 Å². The van der Waals surface area contributed by atoms with Gasteiger partial charge in [-0.1, -0.05) is 12.1 Å². The third-order valence-electron chi connectivity index (χ3n) is 4.81. The van der Waals surface area contributed by atoms with Crippen LogP contribution in [0.3, 0.4) is 0 Å². The van der Waals surface area contributed by atoms with E-state index < -0.39 is 22.8 Å². The summed E-state index contributed by atoms with van der Waals surface area (Å²) in [6, 6.07) is 7.24. The molecule has 0 aliphatic carbocycles. The molecule has 0 fully saturated rings. The van der Waals surface area contributed by atoms with E-state index in [1.165, 1.54) is 35.0 Å². The number of benzene rings is 1. The lowest BCUT2D eigenvalue weighted by Gasteiger charge is -2.22. The lowest BCUT2D eigenvalue weighted by molar-refractivity contribution is -0.389. The quantitative estimate of drug-likeness (QED) is 0.429. The lowest BCUT2D eigenvalue weighted by Crippen LogP contribution is -2.32. The number of rotatable bonds is 6. The van der Waals surface area contributed by atoms with Gasteiger partial charge in [0, 0.05) is 34.8 Å². The summed E-state index contributed by atoms with van der Waals surface area (Å²) in [6.07, 6.45) is 1.89. The van der Waals surface area contributed by atoms with Crippen LogP contribution < -0.4 is 4.74 Å². The highest BCUT2D eigenvalue weighted by Gasteiger charge is 2.28. The Morgan fingerprint density at radius 1 is 1.35 bits per heavy atom. The first-order valence-corrected chi connectivity index (χ1v) is 9.30. The lowest BCUT2D eigenvalue weighted by atomic mass is 10.1. The van der Waals surface area contributed by atoms with E-state index in [1.54, 1.807) is 6.07 Å². The Labute approximate surface area is 174 Å². The van der Waals surface area contributed by atoms with Gasteiger partial charge in [-0.2, -0.15) is 0 Å². The van der Waals surface area contributed by atoms with E-state index in [9.17, 15) is 23.3 Å². The number of pyridine rings is 1. The number of halogens is 3. The first-order valence-electron chi connectivity index (χ1n) is 9.30. The summed E-state index contributed by atoms with van der Waals surface area (Å²) in [7, 11) is 0. The minimum atomic E-state index is -3.00. The molecule has 0 spiro atoms. The summed E-state index contributed by atoms with van der Waals surface area (Å²) < 4.78 is 53.7. The van der Waals surface area contributed by atoms with Crippen molar-refractivity contribution in [1.29, 1.82) is 0 Å². The minimum absolute atomic E-state index is 0.0410. The van der Waals surface area contributed by atoms with E-state index in [-0.39, 0.29) is 37.2 Å². The fourth-order valence-electron chi connectivity index (χ4n) is 3.12. The van der Waals surface area contributed by atoms with Gasteiger partial charge in [0.2, 0.25) is 0 Å². The van der Waals surface area contributed by atoms with Crippen LogP contribution in [0, 0.1) is 15.9 Å². The predicted molar refractivity (Wildman–Crippen MR) is 102 cm³/mol. The molecule has 8 nitrogen and oxygen atoms in total. The molecule has 11 heteroatoms. The molecule has 1 aliphatic rings. The zero-order valence-electron chi connectivity index (χ0n) is 16.3. The summed E-state index contributed by atoms with van der Waals surface area (Å²) in [6.45, 7) is 1.16. The SMILES string of the molecule is CC(F)(F)c1ccc(-c2ccc(CO[C@@H]3COc4nc([N+](=O)[O-])cn4C3)c(F)c2)nc1. The highest BCUT2D eigenvalue weighted by Crippen LogP contribution is 2.28. The first-order chi connectivity index (χ1) is 14.7. The topological polar surface area (TPSA) is 92.3 Å². The van der Waals surface area contributed by atoms with Gasteiger partial charge in [0.1, 0.15) is 24.7 Å². The Hall–Kier alpha value is -3.47. The summed E-state index contributed by atoms with van der Waals surface area (Å²) in [5.74, 6) is -3.84. The number of fused-ring (bicyclic) bond motifs is 1. The molecule has 4 rings (SSSR count). The van der Waals surface area contributed by atoms with Gasteiger partial charge in [0.25, 0.3) is 5.92 Å². The molecule has 0 saturated heterocycles. The third kappa shape index (κ3) is 4.50. The maximum Gasteiger partial charge on any atom is 0.414 e. The zero-order valence-corrected chi connectivity index (χ0v) is 16.3. The number of hydrogen-bond acceptors (Lipinski definition) is 6. The van der Waals surface area contributed by atoms with Gasteiger partial charge in [-0.3, -0.25) is 9.55 Å². The Kier molecular flexibility index (Phi) is 5.36. The van der Waals surface area contributed by atoms with Crippen molar-refractivity contribution in [2.75, 3.05) is 6.61 Å². The summed E-state index contributed by atoms with van der Waals surface area (Å²) in [4.78, 5) is 17.9. The number of hydrogen-bond donors (Lipinski definition) is 0. The van der Waals surface area contributed by atoms with E-state index in [1.807, 2.05) is 0 Å². The van der Waals surface area contributed by atoms with Crippen LogP contribution >= 0.6 is 0 Å². The van der Waals surface area contributed by atoms with Crippen molar-refractivity contribution in [2.45, 2.75) is 32.1 Å². The zero-order chi connectivity index (χ0) is 22.2. The summed E-state index contributed by atoms with van der Waals surface area (Å²) in [5, 5.41) is 10.8. The molecule has 0 bridgehead atoms. The van der Waals surface area contributed by atoms with Crippen LogP contribution in [-0.4, -0.2) is 32.2 Å². The first kappa shape index (κ1) is 20.8. The molecule has 3 heterocycles. The van der Waals surface area contributed by atoms with Crippen LogP contribution in [0.5, 0.6) is 6.01 Å². The molecule has 0 N–H and O–H groups in total. The molecule has 0 radical (unpaired) electrons. The van der Waals surface area contributed by atoms with Crippen LogP contribution in [0.15, 0.2) is 42.7 Å². The van der Waals surface area contributed by atoms with Gasteiger partial charge in [0.05, 0.1) is 18.8 Å². The van der Waals surface area contributed by atoms with Crippen molar-refractivity contribution in [3.63, 3.8) is 0 Å². The van der Waals surface area contributed by atoms with Gasteiger partial charge in [0.15, 0.2) is 0 Å². The van der Waals surface area contributed by atoms with Crippen molar-refractivity contribution in [3.05, 3.63) is 69.8 Å². The molecule has 162 valence electrons. The van der Waals surface area contributed by atoms with Crippen LogP contribution in [0.1, 0.15) is 18.1 Å². The van der Waals surface area contributed by atoms with Crippen molar-refractivity contribution in [2.24, 2.45) is 0 Å². The molecular weight excluding hydrogens is 417 g/mol. The maximum absolute atomic E-state index is 14.5. The van der Waals surface area contributed by atoms with Gasteiger partial charge in [-0.15, -0.1) is 0 Å². The fourth-order valence-corrected chi connectivity index (χ4v) is 3.12. The molecule has 0 unspecified atom stereocenters. The van der Waals surface area contributed by atoms with Crippen molar-refractivity contribution in [1.82, 2.24) is 14.5 Å². The fraction of sp³-hybridized carbons (Fsp3) is 0.300. The second-order valence-corrected chi connectivity index (χ2v) is 7.16. The van der Waals surface area contributed by atoms with Gasteiger partial charge >= 0.3 is 11.8 Å². The molecular formula is C20H17F3N4O4. The molecule has 2 aromatic heterocycles. The van der Waals surface area contributed by atoms with Crippen molar-refractivity contribution < 1.29 is 27.6 Å². The highest BCUT2D eigenvalue weighted by atomic mass is 19.3. The van der Waals surface area contributed by atoms with E-state index in [2.05, 4.69) is 9.97 Å². The normalized spacial score (nSPS) is 15.9. The average molecular weight is 434 g/mol. The third-order valence-corrected chi connectivity index (χ3v) is 4.81. The molecule has 0 saturated carbocycles. The monoisotopic (exact) mass is 434 g/mol. The molecule has 31 heavy (non-hydrogen) atoms. The average Bonchev–Trinajstić information content (AvgIpc) is 3.16. The van der Waals surface area contributed by atoms with Crippen LogP contribution in [0.4, 0.5) is 19.0 Å². The summed E-state index contributed by atoms with van der Waals surface area (Å²) >= 11 is 0. The van der Waals surface area contributed by atoms with Crippen molar-refractivity contribution in [3.8, 4) is 17.3 Å². The largest absolute Gasteiger partial charge is 0.443 e. The van der Waals surface area contributed by atoms with Gasteiger partial charge < -0.3 is 19.6 Å². The van der Waals surface area contributed by atoms with Crippen molar-refractivity contribution >= 4 is 5.82 Å². The molecule has 0 amide bonds. The van der Waals surface area contributed by atoms with Crippen LogP contribution in [0.25, 0.3) is 11.3 Å². The van der Waals surface area contributed by atoms with E-state index in [0.29, 0.717) is 16.8 Å². The summed E-state index contributed by atoms with van der Waals surface area (Å²) in [5.41, 5.74) is 0.892. The Morgan fingerprint density at radius 3 is 2.81 bits per heavy atom. The molecule has 3 aromatic rings. The predicted octanol–water partition coefficient (Wildman–Crippen LogP) is 4.08. The van der Waals surface area contributed by atoms with E-state index >= 15 is 0 Å². The minimum Gasteiger partial charge on any atom is -0.443 e. The number of alkyl halides is 2. The number of aromatic nitrogens is 3. The smallest absolute Gasteiger partial charge is 0.414 e. The number of nitrogens with zero attached hydrogens (tertiary/aromatic N) is 4. The van der Waals surface area contributed by atoms with E-state index in [0.717, 1.165) is 13.1 Å².